The minimum absolute atomic E-state index is 0.0778. The Bertz CT molecular complexity index is 783. The SMILES string of the molecule is Cc1ccc(S(=O)(=O)N[C@H](C(=O)O[C@H](C)C(=O)N2CCCCC2)C(C)C)cc1. The third-order valence-electron chi connectivity index (χ3n) is 4.84. The number of hydrogen-bond donors (Lipinski definition) is 1. The Balaban J connectivity index is 2.06. The van der Waals surface area contributed by atoms with Crippen molar-refractivity contribution in [2.45, 2.75) is 64.0 Å². The van der Waals surface area contributed by atoms with Crippen LogP contribution in [0.3, 0.4) is 0 Å². The van der Waals surface area contributed by atoms with E-state index in [1.54, 1.807) is 30.9 Å². The first kappa shape index (κ1) is 22.4. The van der Waals surface area contributed by atoms with E-state index in [9.17, 15) is 18.0 Å². The van der Waals surface area contributed by atoms with E-state index in [0.717, 1.165) is 24.8 Å². The van der Waals surface area contributed by atoms with Gasteiger partial charge in [0, 0.05) is 13.1 Å². The molecule has 0 aromatic heterocycles. The number of sulfonamides is 1. The Kier molecular flexibility index (Phi) is 7.60. The Morgan fingerprint density at radius 2 is 1.61 bits per heavy atom. The number of aryl methyl sites for hydroxylation is 1. The number of rotatable bonds is 7. The van der Waals surface area contributed by atoms with Crippen LogP contribution in [0.1, 0.15) is 45.6 Å². The third kappa shape index (κ3) is 5.78. The van der Waals surface area contributed by atoms with Crippen LogP contribution in [0, 0.1) is 12.8 Å². The second-order valence-electron chi connectivity index (χ2n) is 7.62. The highest BCUT2D eigenvalue weighted by Gasteiger charge is 2.33. The van der Waals surface area contributed by atoms with Crippen molar-refractivity contribution in [3.63, 3.8) is 0 Å². The predicted octanol–water partition coefficient (Wildman–Crippen LogP) is 2.24. The van der Waals surface area contributed by atoms with Crippen molar-refractivity contribution >= 4 is 21.9 Å². The Labute approximate surface area is 167 Å². The third-order valence-corrected chi connectivity index (χ3v) is 6.30. The second-order valence-corrected chi connectivity index (χ2v) is 9.34. The van der Waals surface area contributed by atoms with Crippen LogP contribution in [0.25, 0.3) is 0 Å². The van der Waals surface area contributed by atoms with Crippen LogP contribution in [0.5, 0.6) is 0 Å². The van der Waals surface area contributed by atoms with Crippen LogP contribution in [-0.4, -0.2) is 50.4 Å². The molecule has 1 fully saturated rings. The van der Waals surface area contributed by atoms with Gasteiger partial charge in [-0.05, 0) is 51.2 Å². The lowest BCUT2D eigenvalue weighted by molar-refractivity contribution is -0.161. The zero-order valence-corrected chi connectivity index (χ0v) is 17.8. The number of benzene rings is 1. The van der Waals surface area contributed by atoms with Gasteiger partial charge in [0.05, 0.1) is 4.90 Å². The Morgan fingerprint density at radius 1 is 1.04 bits per heavy atom. The fourth-order valence-electron chi connectivity index (χ4n) is 3.08. The molecule has 0 unspecified atom stereocenters. The van der Waals surface area contributed by atoms with E-state index in [-0.39, 0.29) is 16.7 Å². The average Bonchev–Trinajstić information content (AvgIpc) is 2.66. The zero-order chi connectivity index (χ0) is 20.9. The first-order valence-corrected chi connectivity index (χ1v) is 11.2. The smallest absolute Gasteiger partial charge is 0.325 e. The molecule has 0 spiro atoms. The summed E-state index contributed by atoms with van der Waals surface area (Å²) in [5.41, 5.74) is 0.934. The van der Waals surface area contributed by atoms with E-state index >= 15 is 0 Å². The predicted molar refractivity (Wildman–Crippen MR) is 106 cm³/mol. The standard InChI is InChI=1S/C20H30N2O5S/c1-14(2)18(21-28(25,26)17-10-8-15(3)9-11-17)20(24)27-16(4)19(23)22-12-6-5-7-13-22/h8-11,14,16,18,21H,5-7,12-13H2,1-4H3/t16-,18+/m1/s1. The van der Waals surface area contributed by atoms with E-state index in [1.165, 1.54) is 19.1 Å². The molecule has 0 radical (unpaired) electrons. The van der Waals surface area contributed by atoms with E-state index in [0.29, 0.717) is 13.1 Å². The number of esters is 1. The molecule has 0 saturated carbocycles. The summed E-state index contributed by atoms with van der Waals surface area (Å²) in [4.78, 5) is 26.9. The number of nitrogens with zero attached hydrogens (tertiary/aromatic N) is 1. The summed E-state index contributed by atoms with van der Waals surface area (Å²) in [6, 6.07) is 5.28. The molecule has 1 aliphatic rings. The maximum atomic E-state index is 12.6. The molecule has 1 amide bonds. The summed E-state index contributed by atoms with van der Waals surface area (Å²) < 4.78 is 33.0. The van der Waals surface area contributed by atoms with Gasteiger partial charge in [-0.1, -0.05) is 31.5 Å². The fraction of sp³-hybridized carbons (Fsp3) is 0.600. The summed E-state index contributed by atoms with van der Waals surface area (Å²) >= 11 is 0. The summed E-state index contributed by atoms with van der Waals surface area (Å²) in [5, 5.41) is 0. The number of hydrogen-bond acceptors (Lipinski definition) is 5. The zero-order valence-electron chi connectivity index (χ0n) is 17.0. The van der Waals surface area contributed by atoms with Gasteiger partial charge in [0.15, 0.2) is 6.10 Å². The van der Waals surface area contributed by atoms with Crippen molar-refractivity contribution in [2.75, 3.05) is 13.1 Å². The Hall–Kier alpha value is -1.93. The largest absolute Gasteiger partial charge is 0.451 e. The number of ether oxygens (including phenoxy) is 1. The molecule has 1 saturated heterocycles. The van der Waals surface area contributed by atoms with Crippen LogP contribution in [0.2, 0.25) is 0 Å². The molecule has 8 heteroatoms. The highest BCUT2D eigenvalue weighted by Crippen LogP contribution is 2.16. The maximum absolute atomic E-state index is 12.6. The molecule has 2 atom stereocenters. The van der Waals surface area contributed by atoms with Gasteiger partial charge in [0.25, 0.3) is 5.91 Å². The topological polar surface area (TPSA) is 92.8 Å². The summed E-state index contributed by atoms with van der Waals surface area (Å²) in [6.07, 6.45) is 2.03. The van der Waals surface area contributed by atoms with Crippen LogP contribution in [0.4, 0.5) is 0 Å². The maximum Gasteiger partial charge on any atom is 0.325 e. The summed E-state index contributed by atoms with van der Waals surface area (Å²) in [5.74, 6) is -1.33. The molecule has 0 aliphatic carbocycles. The van der Waals surface area contributed by atoms with E-state index in [1.807, 2.05) is 6.92 Å². The van der Waals surface area contributed by atoms with Crippen molar-refractivity contribution in [3.8, 4) is 0 Å². The van der Waals surface area contributed by atoms with E-state index in [4.69, 9.17) is 4.74 Å². The van der Waals surface area contributed by atoms with Crippen LogP contribution in [0.15, 0.2) is 29.2 Å². The minimum Gasteiger partial charge on any atom is -0.451 e. The van der Waals surface area contributed by atoms with Crippen molar-refractivity contribution < 1.29 is 22.7 Å². The van der Waals surface area contributed by atoms with Crippen molar-refractivity contribution in [2.24, 2.45) is 5.92 Å². The second kappa shape index (κ2) is 9.52. The number of carbonyl (C=O) groups excluding carboxylic acids is 2. The molecule has 2 rings (SSSR count). The van der Waals surface area contributed by atoms with Gasteiger partial charge < -0.3 is 9.64 Å². The molecule has 0 bridgehead atoms. The molecule has 1 aliphatic heterocycles. The quantitative estimate of drug-likeness (QED) is 0.696. The summed E-state index contributed by atoms with van der Waals surface area (Å²) in [6.45, 7) is 8.16. The molecule has 1 heterocycles. The van der Waals surface area contributed by atoms with Crippen molar-refractivity contribution in [1.29, 1.82) is 0 Å². The van der Waals surface area contributed by atoms with Crippen LogP contribution < -0.4 is 4.72 Å². The molecule has 7 nitrogen and oxygen atoms in total. The minimum atomic E-state index is -3.89. The first-order valence-electron chi connectivity index (χ1n) is 9.70. The lowest BCUT2D eigenvalue weighted by atomic mass is 10.1. The number of carbonyl (C=O) groups is 2. The van der Waals surface area contributed by atoms with Gasteiger partial charge in [-0.15, -0.1) is 0 Å². The molecule has 156 valence electrons. The lowest BCUT2D eigenvalue weighted by Gasteiger charge is -2.30. The monoisotopic (exact) mass is 410 g/mol. The number of piperidine rings is 1. The molecular formula is C20H30N2O5S. The van der Waals surface area contributed by atoms with Crippen LogP contribution in [-0.2, 0) is 24.3 Å². The van der Waals surface area contributed by atoms with Crippen molar-refractivity contribution in [3.05, 3.63) is 29.8 Å². The van der Waals surface area contributed by atoms with Gasteiger partial charge >= 0.3 is 5.97 Å². The van der Waals surface area contributed by atoms with Gasteiger partial charge in [0.1, 0.15) is 6.04 Å². The molecule has 1 aromatic carbocycles. The first-order chi connectivity index (χ1) is 13.1. The average molecular weight is 411 g/mol. The van der Waals surface area contributed by atoms with Gasteiger partial charge in [-0.2, -0.15) is 4.72 Å². The fourth-order valence-corrected chi connectivity index (χ4v) is 4.41. The number of likely N-dealkylation sites (tertiary alicyclic amines) is 1. The highest BCUT2D eigenvalue weighted by molar-refractivity contribution is 7.89. The van der Waals surface area contributed by atoms with Gasteiger partial charge in [-0.3, -0.25) is 9.59 Å². The van der Waals surface area contributed by atoms with Gasteiger partial charge in [-0.25, -0.2) is 8.42 Å². The highest BCUT2D eigenvalue weighted by atomic mass is 32.2. The van der Waals surface area contributed by atoms with E-state index in [2.05, 4.69) is 4.72 Å². The number of amides is 1. The molecule has 1 aromatic rings. The van der Waals surface area contributed by atoms with Crippen LogP contribution >= 0.6 is 0 Å². The molecule has 28 heavy (non-hydrogen) atoms. The van der Waals surface area contributed by atoms with Gasteiger partial charge in [0.2, 0.25) is 10.0 Å². The molecule has 1 N–H and O–H groups in total. The van der Waals surface area contributed by atoms with E-state index < -0.39 is 28.1 Å². The summed E-state index contributed by atoms with van der Waals surface area (Å²) in [7, 11) is -3.89. The normalized spacial score (nSPS) is 17.2. The molecular weight excluding hydrogens is 380 g/mol. The number of nitrogens with one attached hydrogen (secondary N) is 1. The van der Waals surface area contributed by atoms with Crippen molar-refractivity contribution in [1.82, 2.24) is 9.62 Å². The lowest BCUT2D eigenvalue weighted by Crippen LogP contribution is -2.48. The Morgan fingerprint density at radius 3 is 2.14 bits per heavy atom.